The number of allylic oxidation sites excluding steroid dienone is 16. The van der Waals surface area contributed by atoms with Crippen molar-refractivity contribution in [1.29, 1.82) is 0 Å². The van der Waals surface area contributed by atoms with Crippen LogP contribution in [0.5, 0.6) is 0 Å². The Kier molecular flexibility index (Phi) is 59.8. The molecule has 0 heterocycles. The van der Waals surface area contributed by atoms with Gasteiger partial charge in [0.2, 0.25) is 0 Å². The molecule has 1 atom stereocenters. The van der Waals surface area contributed by atoms with Crippen molar-refractivity contribution in [2.75, 3.05) is 13.2 Å². The zero-order valence-corrected chi connectivity index (χ0v) is 49.3. The number of rotatable bonds is 57. The fourth-order valence-corrected chi connectivity index (χ4v) is 8.84. The minimum Gasteiger partial charge on any atom is -0.462 e. The molecule has 0 saturated heterocycles. The molecule has 6 heteroatoms. The fourth-order valence-electron chi connectivity index (χ4n) is 8.84. The summed E-state index contributed by atoms with van der Waals surface area (Å²) in [4.78, 5) is 38.3. The predicted molar refractivity (Wildman–Crippen MR) is 325 cm³/mol. The van der Waals surface area contributed by atoms with Crippen LogP contribution in [0.3, 0.4) is 0 Å². The maximum atomic E-state index is 12.9. The smallest absolute Gasteiger partial charge is 0.306 e. The largest absolute Gasteiger partial charge is 0.462 e. The lowest BCUT2D eigenvalue weighted by molar-refractivity contribution is -0.167. The Balaban J connectivity index is 4.39. The summed E-state index contributed by atoms with van der Waals surface area (Å²) in [5, 5.41) is 0. The second-order valence-electron chi connectivity index (χ2n) is 20.9. The lowest BCUT2D eigenvalue weighted by Crippen LogP contribution is -2.30. The van der Waals surface area contributed by atoms with Gasteiger partial charge in [-0.1, -0.05) is 285 Å². The summed E-state index contributed by atoms with van der Waals surface area (Å²) in [5.74, 6) is -0.952. The standard InChI is InChI=1S/C69H118O6/c1-4-7-10-13-16-19-22-25-28-30-31-32-33-34-35-36-37-39-41-44-47-50-53-56-59-62-68(71)74-65-66(64-73-67(70)61-58-55-52-49-46-43-40-27-24-21-18-15-12-9-6-3)75-69(72)63-60-57-54-51-48-45-42-38-29-26-23-20-17-14-11-8-5-2/h8,11,17,20,22,25-26,29-31,33-34,42,45,51,54,66H,4-7,9-10,12-16,18-19,21,23-24,27-28,32,35-41,43-44,46-50,52-53,55-65H2,1-3H3/b11-8-,20-17-,25-22-,29-26-,31-30-,34-33-,45-42-,54-51-. The number of hydrogen-bond acceptors (Lipinski definition) is 6. The highest BCUT2D eigenvalue weighted by atomic mass is 16.6. The summed E-state index contributed by atoms with van der Waals surface area (Å²) in [7, 11) is 0. The van der Waals surface area contributed by atoms with Crippen molar-refractivity contribution in [2.24, 2.45) is 0 Å². The van der Waals surface area contributed by atoms with E-state index in [4.69, 9.17) is 14.2 Å². The van der Waals surface area contributed by atoms with E-state index >= 15 is 0 Å². The molecule has 0 bridgehead atoms. The van der Waals surface area contributed by atoms with Gasteiger partial charge in [-0.2, -0.15) is 0 Å². The van der Waals surface area contributed by atoms with Crippen molar-refractivity contribution in [3.63, 3.8) is 0 Å². The van der Waals surface area contributed by atoms with Crippen LogP contribution in [0.25, 0.3) is 0 Å². The first-order valence-corrected chi connectivity index (χ1v) is 31.7. The van der Waals surface area contributed by atoms with Crippen molar-refractivity contribution < 1.29 is 28.6 Å². The van der Waals surface area contributed by atoms with E-state index in [1.165, 1.54) is 167 Å². The van der Waals surface area contributed by atoms with Gasteiger partial charge in [-0.05, 0) is 96.3 Å². The van der Waals surface area contributed by atoms with Gasteiger partial charge in [-0.25, -0.2) is 0 Å². The molecule has 6 nitrogen and oxygen atoms in total. The van der Waals surface area contributed by atoms with Crippen LogP contribution in [0, 0.1) is 0 Å². The van der Waals surface area contributed by atoms with Gasteiger partial charge in [0, 0.05) is 19.3 Å². The molecule has 0 aromatic heterocycles. The minimum absolute atomic E-state index is 0.0992. The zero-order chi connectivity index (χ0) is 54.3. The highest BCUT2D eigenvalue weighted by molar-refractivity contribution is 5.71. The van der Waals surface area contributed by atoms with Crippen molar-refractivity contribution in [1.82, 2.24) is 0 Å². The summed E-state index contributed by atoms with van der Waals surface area (Å²) < 4.78 is 16.9. The van der Waals surface area contributed by atoms with E-state index in [0.29, 0.717) is 19.3 Å². The van der Waals surface area contributed by atoms with E-state index in [-0.39, 0.29) is 37.5 Å². The predicted octanol–water partition coefficient (Wildman–Crippen LogP) is 21.7. The lowest BCUT2D eigenvalue weighted by atomic mass is 10.0. The average molecular weight is 1040 g/mol. The van der Waals surface area contributed by atoms with Crippen molar-refractivity contribution >= 4 is 17.9 Å². The molecule has 0 aromatic rings. The van der Waals surface area contributed by atoms with E-state index in [1.54, 1.807) is 0 Å². The van der Waals surface area contributed by atoms with Gasteiger partial charge in [0.05, 0.1) is 0 Å². The van der Waals surface area contributed by atoms with E-state index in [1.807, 2.05) is 0 Å². The molecule has 0 rings (SSSR count). The van der Waals surface area contributed by atoms with Crippen LogP contribution in [0.1, 0.15) is 303 Å². The molecule has 0 radical (unpaired) electrons. The monoisotopic (exact) mass is 1040 g/mol. The molecule has 0 saturated carbocycles. The maximum absolute atomic E-state index is 12.9. The van der Waals surface area contributed by atoms with Gasteiger partial charge in [0.25, 0.3) is 0 Å². The fraction of sp³-hybridized carbons (Fsp3) is 0.725. The summed E-state index contributed by atoms with van der Waals surface area (Å²) in [6.07, 6.45) is 84.2. The third kappa shape index (κ3) is 61.1. The van der Waals surface area contributed by atoms with Gasteiger partial charge >= 0.3 is 17.9 Å². The van der Waals surface area contributed by atoms with Crippen molar-refractivity contribution in [2.45, 2.75) is 309 Å². The molecule has 0 aliphatic heterocycles. The Hall–Kier alpha value is -3.67. The van der Waals surface area contributed by atoms with Crippen LogP contribution in [-0.2, 0) is 28.6 Å². The van der Waals surface area contributed by atoms with E-state index in [0.717, 1.165) is 89.9 Å². The molecule has 0 fully saturated rings. The number of unbranched alkanes of at least 4 members (excludes halogenated alkanes) is 30. The number of hydrogen-bond donors (Lipinski definition) is 0. The van der Waals surface area contributed by atoms with E-state index in [2.05, 4.69) is 118 Å². The zero-order valence-electron chi connectivity index (χ0n) is 49.3. The first kappa shape index (κ1) is 71.3. The summed E-state index contributed by atoms with van der Waals surface area (Å²) in [5.41, 5.74) is 0. The Morgan fingerprint density at radius 3 is 0.853 bits per heavy atom. The topological polar surface area (TPSA) is 78.9 Å². The molecule has 0 spiro atoms. The summed E-state index contributed by atoms with van der Waals surface area (Å²) >= 11 is 0. The van der Waals surface area contributed by atoms with Crippen LogP contribution in [0.15, 0.2) is 97.2 Å². The Morgan fingerprint density at radius 2 is 0.533 bits per heavy atom. The summed E-state index contributed by atoms with van der Waals surface area (Å²) in [6, 6.07) is 0. The van der Waals surface area contributed by atoms with Gasteiger partial charge < -0.3 is 14.2 Å². The first-order valence-electron chi connectivity index (χ1n) is 31.7. The van der Waals surface area contributed by atoms with Crippen LogP contribution < -0.4 is 0 Å². The van der Waals surface area contributed by atoms with Gasteiger partial charge in [-0.3, -0.25) is 14.4 Å². The Bertz CT molecular complexity index is 1480. The molecule has 1 unspecified atom stereocenters. The highest BCUT2D eigenvalue weighted by Crippen LogP contribution is 2.16. The van der Waals surface area contributed by atoms with Crippen LogP contribution in [-0.4, -0.2) is 37.2 Å². The quantitative estimate of drug-likeness (QED) is 0.0261. The number of ether oxygens (including phenoxy) is 3. The van der Waals surface area contributed by atoms with Crippen molar-refractivity contribution in [3.8, 4) is 0 Å². The minimum atomic E-state index is -0.809. The molecular formula is C69H118O6. The van der Waals surface area contributed by atoms with Crippen molar-refractivity contribution in [3.05, 3.63) is 97.2 Å². The summed E-state index contributed by atoms with van der Waals surface area (Å²) in [6.45, 7) is 6.49. The second-order valence-corrected chi connectivity index (χ2v) is 20.9. The average Bonchev–Trinajstić information content (AvgIpc) is 3.41. The third-order valence-electron chi connectivity index (χ3n) is 13.6. The molecule has 0 N–H and O–H groups in total. The maximum Gasteiger partial charge on any atom is 0.306 e. The highest BCUT2D eigenvalue weighted by Gasteiger charge is 2.19. The van der Waals surface area contributed by atoms with E-state index < -0.39 is 6.10 Å². The first-order chi connectivity index (χ1) is 37.0. The molecule has 0 aromatic carbocycles. The molecule has 0 aliphatic rings. The van der Waals surface area contributed by atoms with Crippen LogP contribution in [0.2, 0.25) is 0 Å². The molecule has 75 heavy (non-hydrogen) atoms. The third-order valence-corrected chi connectivity index (χ3v) is 13.6. The molecule has 0 amide bonds. The number of esters is 3. The van der Waals surface area contributed by atoms with Gasteiger partial charge in [0.15, 0.2) is 6.10 Å². The number of carbonyl (C=O) groups is 3. The molecule has 0 aliphatic carbocycles. The second kappa shape index (κ2) is 62.9. The normalized spacial score (nSPS) is 12.7. The molecule has 430 valence electrons. The SMILES string of the molecule is CC/C=C\C/C=C\C/C=C\C/C=C\C/C=C\CCCC(=O)OC(COC(=O)CCCCCCCCCCCC/C=C\C/C=C\C/C=C\CCCCCCC)COC(=O)CCCCCCCCCCCCCCCCC. The van der Waals surface area contributed by atoms with Crippen LogP contribution >= 0.6 is 0 Å². The van der Waals surface area contributed by atoms with Gasteiger partial charge in [-0.15, -0.1) is 0 Å². The van der Waals surface area contributed by atoms with Crippen LogP contribution in [0.4, 0.5) is 0 Å². The van der Waals surface area contributed by atoms with E-state index in [9.17, 15) is 14.4 Å². The molecular weight excluding hydrogens is 925 g/mol. The number of carbonyl (C=O) groups excluding carboxylic acids is 3. The van der Waals surface area contributed by atoms with Gasteiger partial charge in [0.1, 0.15) is 13.2 Å². The lowest BCUT2D eigenvalue weighted by Gasteiger charge is -2.18. The Morgan fingerprint density at radius 1 is 0.280 bits per heavy atom. The Labute approximate surface area is 464 Å².